The number of nitrogens with two attached hydrogens (primary N) is 1. The molecule has 1 heterocycles. The van der Waals surface area contributed by atoms with Gasteiger partial charge in [-0.25, -0.2) is 4.99 Å². The maximum absolute atomic E-state index is 5.56. The van der Waals surface area contributed by atoms with E-state index in [0.29, 0.717) is 12.6 Å². The average molecular weight is 204 g/mol. The van der Waals surface area contributed by atoms with E-state index in [-0.39, 0.29) is 5.54 Å². The Labute approximate surface area is 90.0 Å². The van der Waals surface area contributed by atoms with Crippen LogP contribution in [0.5, 0.6) is 0 Å². The van der Waals surface area contributed by atoms with E-state index in [4.69, 9.17) is 10.5 Å². The second-order valence-corrected chi connectivity index (χ2v) is 4.33. The third kappa shape index (κ3) is 1.69. The number of aryl methyl sites for hydroxylation is 2. The van der Waals surface area contributed by atoms with Gasteiger partial charge in [-0.15, -0.1) is 0 Å². The fourth-order valence-corrected chi connectivity index (χ4v) is 1.98. The van der Waals surface area contributed by atoms with E-state index in [1.54, 1.807) is 0 Å². The molecule has 0 amide bonds. The molecule has 1 unspecified atom stereocenters. The van der Waals surface area contributed by atoms with Crippen LogP contribution in [0.25, 0.3) is 0 Å². The van der Waals surface area contributed by atoms with Crippen molar-refractivity contribution in [1.82, 2.24) is 0 Å². The van der Waals surface area contributed by atoms with Crippen LogP contribution in [0.1, 0.15) is 23.6 Å². The lowest BCUT2D eigenvalue weighted by molar-refractivity contribution is 0.266. The Morgan fingerprint density at radius 2 is 2.13 bits per heavy atom. The molecule has 1 aromatic carbocycles. The molecule has 0 radical (unpaired) electrons. The highest BCUT2D eigenvalue weighted by molar-refractivity contribution is 5.74. The lowest BCUT2D eigenvalue weighted by atomic mass is 9.89. The second kappa shape index (κ2) is 3.26. The molecule has 0 saturated carbocycles. The van der Waals surface area contributed by atoms with Gasteiger partial charge in [0, 0.05) is 0 Å². The highest BCUT2D eigenvalue weighted by Gasteiger charge is 2.33. The number of ether oxygens (including phenoxy) is 1. The third-order valence-electron chi connectivity index (χ3n) is 2.83. The molecule has 0 saturated heterocycles. The Balaban J connectivity index is 2.49. The first kappa shape index (κ1) is 10.0. The molecule has 1 aromatic rings. The van der Waals surface area contributed by atoms with E-state index in [0.717, 1.165) is 0 Å². The van der Waals surface area contributed by atoms with E-state index in [1.807, 2.05) is 0 Å². The molecule has 0 aromatic heterocycles. The van der Waals surface area contributed by atoms with Crippen LogP contribution in [-0.4, -0.2) is 12.6 Å². The highest BCUT2D eigenvalue weighted by atomic mass is 16.5. The maximum atomic E-state index is 5.56. The summed E-state index contributed by atoms with van der Waals surface area (Å²) in [6.45, 7) is 6.75. The zero-order valence-electron chi connectivity index (χ0n) is 9.37. The smallest absolute Gasteiger partial charge is 0.283 e. The van der Waals surface area contributed by atoms with Crippen molar-refractivity contribution in [3.8, 4) is 0 Å². The van der Waals surface area contributed by atoms with Gasteiger partial charge in [0.25, 0.3) is 6.02 Å². The lowest BCUT2D eigenvalue weighted by Gasteiger charge is -2.21. The zero-order valence-corrected chi connectivity index (χ0v) is 9.37. The zero-order chi connectivity index (χ0) is 11.1. The van der Waals surface area contributed by atoms with Gasteiger partial charge in [0.15, 0.2) is 0 Å². The summed E-state index contributed by atoms with van der Waals surface area (Å²) >= 11 is 0. The van der Waals surface area contributed by atoms with Crippen LogP contribution >= 0.6 is 0 Å². The van der Waals surface area contributed by atoms with Crippen LogP contribution in [0.4, 0.5) is 0 Å². The monoisotopic (exact) mass is 204 g/mol. The normalized spacial score (nSPS) is 24.9. The van der Waals surface area contributed by atoms with E-state index in [1.165, 1.54) is 16.7 Å². The van der Waals surface area contributed by atoms with Crippen molar-refractivity contribution in [3.05, 3.63) is 34.9 Å². The van der Waals surface area contributed by atoms with E-state index >= 15 is 0 Å². The van der Waals surface area contributed by atoms with Gasteiger partial charge < -0.3 is 10.5 Å². The Bertz CT molecular complexity index is 426. The van der Waals surface area contributed by atoms with Crippen LogP contribution in [0, 0.1) is 13.8 Å². The first-order valence-corrected chi connectivity index (χ1v) is 5.07. The number of aliphatic imine (C=N–C) groups is 1. The molecule has 0 fully saturated rings. The summed E-state index contributed by atoms with van der Waals surface area (Å²) in [6.07, 6.45) is 0. The molecule has 3 heteroatoms. The maximum Gasteiger partial charge on any atom is 0.283 e. The quantitative estimate of drug-likeness (QED) is 0.759. The minimum Gasteiger partial charge on any atom is -0.462 e. The van der Waals surface area contributed by atoms with Gasteiger partial charge in [-0.1, -0.05) is 23.8 Å². The van der Waals surface area contributed by atoms with E-state index in [9.17, 15) is 0 Å². The van der Waals surface area contributed by atoms with Gasteiger partial charge in [0.1, 0.15) is 12.1 Å². The van der Waals surface area contributed by atoms with Crippen molar-refractivity contribution >= 4 is 6.02 Å². The lowest BCUT2D eigenvalue weighted by Crippen LogP contribution is -2.22. The number of nitrogens with zero attached hydrogens (tertiary/aromatic N) is 1. The molecule has 1 aliphatic heterocycles. The molecule has 0 aliphatic carbocycles. The number of hydrogen-bond donors (Lipinski definition) is 1. The Kier molecular flexibility index (Phi) is 2.18. The van der Waals surface area contributed by atoms with Crippen LogP contribution in [0.3, 0.4) is 0 Å². The predicted octanol–water partition coefficient (Wildman–Crippen LogP) is 1.86. The van der Waals surface area contributed by atoms with Crippen LogP contribution in [0.2, 0.25) is 0 Å². The Hall–Kier alpha value is -1.51. The highest BCUT2D eigenvalue weighted by Crippen LogP contribution is 2.32. The number of amidine groups is 1. The Morgan fingerprint density at radius 1 is 1.40 bits per heavy atom. The van der Waals surface area contributed by atoms with Crippen molar-refractivity contribution in [1.29, 1.82) is 0 Å². The molecule has 1 atom stereocenters. The molecule has 0 spiro atoms. The van der Waals surface area contributed by atoms with Gasteiger partial charge in [0.2, 0.25) is 0 Å². The van der Waals surface area contributed by atoms with Gasteiger partial charge in [-0.05, 0) is 31.9 Å². The fourth-order valence-electron chi connectivity index (χ4n) is 1.98. The molecule has 0 bridgehead atoms. The first-order chi connectivity index (χ1) is 7.01. The molecule has 80 valence electrons. The summed E-state index contributed by atoms with van der Waals surface area (Å²) in [5, 5.41) is 0. The van der Waals surface area contributed by atoms with Gasteiger partial charge in [-0.2, -0.15) is 0 Å². The summed E-state index contributed by atoms with van der Waals surface area (Å²) in [6, 6.07) is 6.66. The largest absolute Gasteiger partial charge is 0.462 e. The number of hydrogen-bond acceptors (Lipinski definition) is 3. The minimum absolute atomic E-state index is 0.290. The predicted molar refractivity (Wildman–Crippen MR) is 60.8 cm³/mol. The molecule has 1 aliphatic rings. The molecule has 3 nitrogen and oxygen atoms in total. The van der Waals surface area contributed by atoms with Crippen molar-refractivity contribution in [2.45, 2.75) is 26.3 Å². The number of benzene rings is 1. The molecular formula is C12H16N2O. The summed E-state index contributed by atoms with van der Waals surface area (Å²) in [7, 11) is 0. The van der Waals surface area contributed by atoms with Gasteiger partial charge in [0.05, 0.1) is 0 Å². The molecular weight excluding hydrogens is 188 g/mol. The first-order valence-electron chi connectivity index (χ1n) is 5.07. The van der Waals surface area contributed by atoms with Crippen LogP contribution in [-0.2, 0) is 10.3 Å². The van der Waals surface area contributed by atoms with Gasteiger partial charge >= 0.3 is 0 Å². The SMILES string of the molecule is Cc1ccc(C)c(C2(C)COC(N)=N2)c1. The van der Waals surface area contributed by atoms with E-state index < -0.39 is 0 Å². The minimum atomic E-state index is -0.319. The van der Waals surface area contributed by atoms with Gasteiger partial charge in [-0.3, -0.25) is 0 Å². The standard InChI is InChI=1S/C12H16N2O/c1-8-4-5-9(2)10(6-8)12(3)7-15-11(13)14-12/h4-6H,7H2,1-3H3,(H2,13,14). The van der Waals surface area contributed by atoms with Crippen molar-refractivity contribution in [2.75, 3.05) is 6.61 Å². The summed E-state index contributed by atoms with van der Waals surface area (Å²) < 4.78 is 5.25. The average Bonchev–Trinajstić information content (AvgIpc) is 2.52. The van der Waals surface area contributed by atoms with Crippen molar-refractivity contribution in [2.24, 2.45) is 10.7 Å². The second-order valence-electron chi connectivity index (χ2n) is 4.33. The fraction of sp³-hybridized carbons (Fsp3) is 0.417. The van der Waals surface area contributed by atoms with Crippen molar-refractivity contribution in [3.63, 3.8) is 0 Å². The topological polar surface area (TPSA) is 47.6 Å². The van der Waals surface area contributed by atoms with Crippen molar-refractivity contribution < 1.29 is 4.74 Å². The third-order valence-corrected chi connectivity index (χ3v) is 2.83. The van der Waals surface area contributed by atoms with Crippen LogP contribution < -0.4 is 5.73 Å². The van der Waals surface area contributed by atoms with Crippen LogP contribution in [0.15, 0.2) is 23.2 Å². The summed E-state index contributed by atoms with van der Waals surface area (Å²) in [5.74, 6) is 0. The molecule has 15 heavy (non-hydrogen) atoms. The Morgan fingerprint density at radius 3 is 2.73 bits per heavy atom. The van der Waals surface area contributed by atoms with E-state index in [2.05, 4.69) is 44.0 Å². The summed E-state index contributed by atoms with van der Waals surface area (Å²) in [5.41, 5.74) is 8.90. The molecule has 2 rings (SSSR count). The summed E-state index contributed by atoms with van der Waals surface area (Å²) in [4.78, 5) is 4.36. The number of rotatable bonds is 1. The molecule has 2 N–H and O–H groups in total.